The summed E-state index contributed by atoms with van der Waals surface area (Å²) >= 11 is 0. The van der Waals surface area contributed by atoms with Gasteiger partial charge in [0.15, 0.2) is 5.78 Å². The van der Waals surface area contributed by atoms with Gasteiger partial charge in [0, 0.05) is 47.0 Å². The third-order valence-electron chi connectivity index (χ3n) is 7.49. The monoisotopic (exact) mass is 666 g/mol. The van der Waals surface area contributed by atoms with Crippen molar-refractivity contribution in [3.63, 3.8) is 0 Å². The van der Waals surface area contributed by atoms with Gasteiger partial charge in [-0.05, 0) is 47.3 Å². The number of nitro benzene ring substituents is 2. The van der Waals surface area contributed by atoms with E-state index in [2.05, 4.69) is 9.98 Å². The van der Waals surface area contributed by atoms with Crippen LogP contribution >= 0.6 is 0 Å². The van der Waals surface area contributed by atoms with E-state index in [-0.39, 0.29) is 33.7 Å². The van der Waals surface area contributed by atoms with Crippen LogP contribution in [0, 0.1) is 20.2 Å². The third kappa shape index (κ3) is 5.67. The van der Waals surface area contributed by atoms with E-state index in [1.54, 1.807) is 18.2 Å². The lowest BCUT2D eigenvalue weighted by Crippen LogP contribution is -2.26. The van der Waals surface area contributed by atoms with Crippen LogP contribution in [-0.4, -0.2) is 26.3 Å². The molecular weight excluding hydrogens is 650 g/mol. The highest BCUT2D eigenvalue weighted by atomic mass is 19.4. The lowest BCUT2D eigenvalue weighted by molar-refractivity contribution is -0.385. The first-order valence-electron chi connectivity index (χ1n) is 13.6. The van der Waals surface area contributed by atoms with Crippen LogP contribution in [0.4, 0.5) is 37.7 Å². The molecule has 0 aliphatic carbocycles. The number of nitrogens with zero attached hydrogens (tertiary/aromatic N) is 4. The molecule has 0 bridgehead atoms. The second-order valence-corrected chi connectivity index (χ2v) is 10.4. The van der Waals surface area contributed by atoms with E-state index in [9.17, 15) is 51.4 Å². The number of ether oxygens (including phenoxy) is 1. The van der Waals surface area contributed by atoms with Gasteiger partial charge in [-0.3, -0.25) is 35.0 Å². The summed E-state index contributed by atoms with van der Waals surface area (Å²) in [5.74, 6) is -1.67. The van der Waals surface area contributed by atoms with Gasteiger partial charge in [-0.15, -0.1) is 0 Å². The average molecular weight is 666 g/mol. The molecule has 4 aromatic carbocycles. The van der Waals surface area contributed by atoms with Crippen molar-refractivity contribution in [2.45, 2.75) is 18.4 Å². The van der Waals surface area contributed by atoms with Crippen molar-refractivity contribution in [3.8, 4) is 11.5 Å². The van der Waals surface area contributed by atoms with Crippen molar-refractivity contribution in [2.75, 3.05) is 0 Å². The normalized spacial score (nSPS) is 14.8. The molecule has 10 nitrogen and oxygen atoms in total. The number of hydrogen-bond donors (Lipinski definition) is 0. The number of rotatable bonds is 6. The molecule has 1 aliphatic rings. The molecule has 0 fully saturated rings. The second-order valence-electron chi connectivity index (χ2n) is 10.4. The van der Waals surface area contributed by atoms with E-state index in [0.717, 1.165) is 24.3 Å². The van der Waals surface area contributed by atoms with Crippen LogP contribution < -0.4 is 4.74 Å². The Labute approximate surface area is 264 Å². The molecule has 6 rings (SSSR count). The molecular formula is C32H16F6N4O6. The SMILES string of the molecule is O=C1c2cccnc2C(c2ccc(Oc3ccc([N+](=O)[O-])cc3C(F)(F)F)c3ccccc23)=NC1c1ccc([N+](=O)[O-])cc1C(F)(F)F. The van der Waals surface area contributed by atoms with Crippen molar-refractivity contribution in [1.29, 1.82) is 0 Å². The number of aromatic nitrogens is 1. The Morgan fingerprint density at radius 1 is 0.688 bits per heavy atom. The first-order chi connectivity index (χ1) is 22.6. The van der Waals surface area contributed by atoms with Crippen molar-refractivity contribution >= 4 is 33.6 Å². The molecule has 2 heterocycles. The molecule has 1 unspecified atom stereocenters. The standard InChI is InChI=1S/C32H16F6N4O6/c33-31(34,35)23-14-16(41(44)45)7-9-21(23)29-30(43)22-6-3-13-39-27(22)28(40-29)20-10-12-25(19-5-2-1-4-18(19)20)48-26-11-8-17(42(46)47)15-24(26)32(36,37)38/h1-15,29H. The van der Waals surface area contributed by atoms with Gasteiger partial charge >= 0.3 is 12.4 Å². The number of alkyl halides is 6. The molecule has 16 heteroatoms. The van der Waals surface area contributed by atoms with Crippen LogP contribution in [0.3, 0.4) is 0 Å². The fraction of sp³-hybridized carbons (Fsp3) is 0.0938. The summed E-state index contributed by atoms with van der Waals surface area (Å²) in [4.78, 5) is 42.6. The quantitative estimate of drug-likeness (QED) is 0.100. The molecule has 5 aromatic rings. The zero-order valence-corrected chi connectivity index (χ0v) is 23.7. The summed E-state index contributed by atoms with van der Waals surface area (Å²) in [5.41, 5.74) is -4.97. The molecule has 1 aromatic heterocycles. The molecule has 0 spiro atoms. The van der Waals surface area contributed by atoms with Crippen molar-refractivity contribution in [1.82, 2.24) is 4.98 Å². The molecule has 1 aliphatic heterocycles. The number of fused-ring (bicyclic) bond motifs is 2. The average Bonchev–Trinajstić information content (AvgIpc) is 3.04. The van der Waals surface area contributed by atoms with Gasteiger partial charge in [-0.1, -0.05) is 24.3 Å². The van der Waals surface area contributed by atoms with Gasteiger partial charge in [0.1, 0.15) is 23.1 Å². The van der Waals surface area contributed by atoms with Crippen LogP contribution in [0.1, 0.15) is 44.3 Å². The highest BCUT2D eigenvalue weighted by molar-refractivity contribution is 6.25. The maximum atomic E-state index is 14.2. The van der Waals surface area contributed by atoms with E-state index in [0.29, 0.717) is 17.5 Å². The summed E-state index contributed by atoms with van der Waals surface area (Å²) in [6.45, 7) is 0. The highest BCUT2D eigenvalue weighted by Crippen LogP contribution is 2.44. The topological polar surface area (TPSA) is 138 Å². The Hall–Kier alpha value is -6.19. The fourth-order valence-corrected chi connectivity index (χ4v) is 5.37. The molecule has 1 atom stereocenters. The molecule has 0 amide bonds. The second kappa shape index (κ2) is 11.6. The first-order valence-corrected chi connectivity index (χ1v) is 13.6. The molecule has 0 saturated heterocycles. The largest absolute Gasteiger partial charge is 0.456 e. The summed E-state index contributed by atoms with van der Waals surface area (Å²) in [5, 5.41) is 22.9. The number of pyridine rings is 1. The smallest absolute Gasteiger partial charge is 0.420 e. The number of nitro groups is 2. The first kappa shape index (κ1) is 31.8. The van der Waals surface area contributed by atoms with Gasteiger partial charge < -0.3 is 4.74 Å². The van der Waals surface area contributed by atoms with Crippen LogP contribution in [-0.2, 0) is 12.4 Å². The number of Topliss-reactive ketones (excluding diaryl/α,β-unsaturated/α-hetero) is 1. The van der Waals surface area contributed by atoms with Crippen LogP contribution in [0.25, 0.3) is 10.8 Å². The van der Waals surface area contributed by atoms with Gasteiger partial charge in [-0.2, -0.15) is 26.3 Å². The summed E-state index contributed by atoms with van der Waals surface area (Å²) in [7, 11) is 0. The third-order valence-corrected chi connectivity index (χ3v) is 7.49. The number of ketones is 1. The number of benzene rings is 4. The maximum absolute atomic E-state index is 14.2. The fourth-order valence-electron chi connectivity index (χ4n) is 5.37. The van der Waals surface area contributed by atoms with Crippen molar-refractivity contribution in [3.05, 3.63) is 145 Å². The molecule has 0 saturated carbocycles. The van der Waals surface area contributed by atoms with Crippen molar-refractivity contribution < 1.29 is 45.7 Å². The van der Waals surface area contributed by atoms with Gasteiger partial charge in [0.2, 0.25) is 0 Å². The van der Waals surface area contributed by atoms with Crippen LogP contribution in [0.5, 0.6) is 11.5 Å². The number of halogens is 6. The minimum absolute atomic E-state index is 0.0165. The predicted octanol–water partition coefficient (Wildman–Crippen LogP) is 8.66. The zero-order chi connectivity index (χ0) is 34.5. The Morgan fingerprint density at radius 3 is 1.94 bits per heavy atom. The van der Waals surface area contributed by atoms with Gasteiger partial charge in [0.25, 0.3) is 11.4 Å². The molecule has 0 radical (unpaired) electrons. The van der Waals surface area contributed by atoms with E-state index in [4.69, 9.17) is 4.74 Å². The Balaban J connectivity index is 1.53. The number of carbonyl (C=O) groups is 1. The Kier molecular flexibility index (Phi) is 7.65. The summed E-state index contributed by atoms with van der Waals surface area (Å²) in [6.07, 6.45) is -8.77. The number of hydrogen-bond acceptors (Lipinski definition) is 8. The predicted molar refractivity (Wildman–Crippen MR) is 157 cm³/mol. The van der Waals surface area contributed by atoms with Crippen LogP contribution in [0.15, 0.2) is 96.1 Å². The molecule has 0 N–H and O–H groups in total. The van der Waals surface area contributed by atoms with Crippen LogP contribution in [0.2, 0.25) is 0 Å². The summed E-state index contributed by atoms with van der Waals surface area (Å²) < 4.78 is 89.8. The Bertz CT molecular complexity index is 2200. The van der Waals surface area contributed by atoms with E-state index in [1.165, 1.54) is 36.5 Å². The molecule has 242 valence electrons. The van der Waals surface area contributed by atoms with E-state index in [1.807, 2.05) is 0 Å². The van der Waals surface area contributed by atoms with Gasteiger partial charge in [0.05, 0.1) is 26.8 Å². The summed E-state index contributed by atoms with van der Waals surface area (Å²) in [6, 6.07) is 13.8. The molecule has 48 heavy (non-hydrogen) atoms. The van der Waals surface area contributed by atoms with Crippen molar-refractivity contribution in [2.24, 2.45) is 4.99 Å². The number of carbonyl (C=O) groups excluding carboxylic acids is 1. The zero-order valence-electron chi connectivity index (χ0n) is 23.7. The lowest BCUT2D eigenvalue weighted by Gasteiger charge is -2.25. The number of non-ortho nitro benzene ring substituents is 2. The van der Waals surface area contributed by atoms with E-state index < -0.39 is 67.8 Å². The maximum Gasteiger partial charge on any atom is 0.420 e. The lowest BCUT2D eigenvalue weighted by atomic mass is 9.87. The van der Waals surface area contributed by atoms with E-state index >= 15 is 0 Å². The van der Waals surface area contributed by atoms with Gasteiger partial charge in [-0.25, -0.2) is 0 Å². The Morgan fingerprint density at radius 2 is 1.29 bits per heavy atom. The number of aliphatic imine (C=N–C) groups is 1. The minimum Gasteiger partial charge on any atom is -0.456 e. The minimum atomic E-state index is -5.09. The highest BCUT2D eigenvalue weighted by Gasteiger charge is 2.41.